The first-order valence-corrected chi connectivity index (χ1v) is 9.43. The number of ether oxygens (including phenoxy) is 1. The predicted octanol–water partition coefficient (Wildman–Crippen LogP) is 2.61. The van der Waals surface area contributed by atoms with Gasteiger partial charge in [-0.3, -0.25) is 14.8 Å². The Labute approximate surface area is 149 Å². The molecule has 0 amide bonds. The fourth-order valence-electron chi connectivity index (χ4n) is 4.47. The average Bonchev–Trinajstić information content (AvgIpc) is 3.26. The van der Waals surface area contributed by atoms with Gasteiger partial charge < -0.3 is 4.74 Å². The molecule has 4 nitrogen and oxygen atoms in total. The number of aromatic nitrogens is 1. The largest absolute Gasteiger partial charge is 0.375 e. The third kappa shape index (κ3) is 3.22. The molecular formula is C21H25N3O. The highest BCUT2D eigenvalue weighted by Crippen LogP contribution is 2.29. The number of likely N-dealkylation sites (tertiary alicyclic amines) is 1. The van der Waals surface area contributed by atoms with Gasteiger partial charge in [-0.05, 0) is 23.6 Å². The molecule has 130 valence electrons. The molecule has 5 rings (SSSR count). The topological polar surface area (TPSA) is 28.6 Å². The Kier molecular flexibility index (Phi) is 4.04. The quantitative estimate of drug-likeness (QED) is 0.859. The Morgan fingerprint density at radius 3 is 2.80 bits per heavy atom. The summed E-state index contributed by atoms with van der Waals surface area (Å²) in [6, 6.07) is 15.9. The maximum absolute atomic E-state index is 5.70. The minimum absolute atomic E-state index is 0.467. The molecule has 1 aromatic heterocycles. The normalized spacial score (nSPS) is 26.1. The van der Waals surface area contributed by atoms with E-state index in [0.717, 1.165) is 45.8 Å². The van der Waals surface area contributed by atoms with E-state index in [-0.39, 0.29) is 0 Å². The number of benzene rings is 1. The number of rotatable bonds is 4. The molecule has 25 heavy (non-hydrogen) atoms. The van der Waals surface area contributed by atoms with Gasteiger partial charge in [0.1, 0.15) is 0 Å². The summed E-state index contributed by atoms with van der Waals surface area (Å²) in [5.41, 5.74) is 5.32. The fraction of sp³-hybridized carbons (Fsp3) is 0.476. The molecule has 2 bridgehead atoms. The van der Waals surface area contributed by atoms with E-state index >= 15 is 0 Å². The molecule has 2 atom stereocenters. The third-order valence-corrected chi connectivity index (χ3v) is 5.81. The highest BCUT2D eigenvalue weighted by Gasteiger charge is 2.38. The van der Waals surface area contributed by atoms with Crippen molar-refractivity contribution in [3.8, 4) is 0 Å². The van der Waals surface area contributed by atoms with E-state index in [0.29, 0.717) is 12.1 Å². The minimum Gasteiger partial charge on any atom is -0.375 e. The maximum atomic E-state index is 5.70. The summed E-state index contributed by atoms with van der Waals surface area (Å²) in [6.07, 6.45) is 2.74. The van der Waals surface area contributed by atoms with E-state index in [9.17, 15) is 0 Å². The molecule has 0 aliphatic carbocycles. The summed E-state index contributed by atoms with van der Waals surface area (Å²) in [4.78, 5) is 10.1. The lowest BCUT2D eigenvalue weighted by molar-refractivity contribution is 0.0268. The van der Waals surface area contributed by atoms with E-state index in [4.69, 9.17) is 9.72 Å². The average molecular weight is 335 g/mol. The number of fused-ring (bicyclic) bond motifs is 3. The van der Waals surface area contributed by atoms with Crippen molar-refractivity contribution in [2.45, 2.75) is 44.6 Å². The Morgan fingerprint density at radius 2 is 2.00 bits per heavy atom. The first kappa shape index (κ1) is 15.5. The molecule has 0 radical (unpaired) electrons. The van der Waals surface area contributed by atoms with Crippen LogP contribution in [0.5, 0.6) is 0 Å². The van der Waals surface area contributed by atoms with Crippen LogP contribution in [0.4, 0.5) is 0 Å². The van der Waals surface area contributed by atoms with Gasteiger partial charge in [-0.15, -0.1) is 0 Å². The lowest BCUT2D eigenvalue weighted by Crippen LogP contribution is -2.36. The highest BCUT2D eigenvalue weighted by atomic mass is 16.5. The van der Waals surface area contributed by atoms with Gasteiger partial charge in [0.05, 0.1) is 18.4 Å². The monoisotopic (exact) mass is 335 g/mol. The second-order valence-corrected chi connectivity index (χ2v) is 7.63. The van der Waals surface area contributed by atoms with E-state index < -0.39 is 0 Å². The highest BCUT2D eigenvalue weighted by molar-refractivity contribution is 5.26. The second kappa shape index (κ2) is 6.52. The Bertz CT molecular complexity index is 748. The maximum Gasteiger partial charge on any atom is 0.0718 e. The van der Waals surface area contributed by atoms with E-state index in [1.165, 1.54) is 28.9 Å². The van der Waals surface area contributed by atoms with Gasteiger partial charge in [0.2, 0.25) is 0 Å². The number of morpholine rings is 1. The number of pyridine rings is 1. The third-order valence-electron chi connectivity index (χ3n) is 5.81. The van der Waals surface area contributed by atoms with Crippen molar-refractivity contribution in [2.75, 3.05) is 19.7 Å². The van der Waals surface area contributed by atoms with Crippen molar-refractivity contribution in [1.29, 1.82) is 0 Å². The van der Waals surface area contributed by atoms with E-state index in [1.807, 2.05) is 0 Å². The molecule has 0 N–H and O–H groups in total. The molecule has 3 aliphatic rings. The molecule has 0 spiro atoms. The Hall–Kier alpha value is -1.75. The first-order valence-electron chi connectivity index (χ1n) is 9.43. The zero-order valence-electron chi connectivity index (χ0n) is 14.6. The molecule has 1 aromatic carbocycles. The van der Waals surface area contributed by atoms with Crippen molar-refractivity contribution >= 4 is 0 Å². The summed E-state index contributed by atoms with van der Waals surface area (Å²) in [5, 5.41) is 0. The van der Waals surface area contributed by atoms with Gasteiger partial charge in [-0.1, -0.05) is 36.4 Å². The first-order chi connectivity index (χ1) is 12.3. The van der Waals surface area contributed by atoms with E-state index in [2.05, 4.69) is 52.3 Å². The van der Waals surface area contributed by atoms with E-state index in [1.54, 1.807) is 0 Å². The van der Waals surface area contributed by atoms with Crippen LogP contribution < -0.4 is 0 Å². The van der Waals surface area contributed by atoms with Crippen molar-refractivity contribution < 1.29 is 4.74 Å². The summed E-state index contributed by atoms with van der Waals surface area (Å²) < 4.78 is 5.70. The van der Waals surface area contributed by atoms with Crippen molar-refractivity contribution in [2.24, 2.45) is 0 Å². The van der Waals surface area contributed by atoms with Gasteiger partial charge in [0, 0.05) is 50.9 Å². The smallest absolute Gasteiger partial charge is 0.0718 e. The molecular weight excluding hydrogens is 310 g/mol. The Balaban J connectivity index is 1.25. The standard InChI is InChI=1S/C21H25N3O/c1-2-4-16(5-3-1)11-23-9-8-21-17(12-23)6-7-18(22-21)13-24-14-20-10-19(24)15-25-20/h1-7,19-20H,8-15H2/t19-,20-/m1/s1. The van der Waals surface area contributed by atoms with Crippen LogP contribution in [-0.4, -0.2) is 46.6 Å². The van der Waals surface area contributed by atoms with Crippen LogP contribution in [0.2, 0.25) is 0 Å². The van der Waals surface area contributed by atoms with Gasteiger partial charge >= 0.3 is 0 Å². The molecule has 4 heteroatoms. The van der Waals surface area contributed by atoms with Crippen LogP contribution in [0.3, 0.4) is 0 Å². The summed E-state index contributed by atoms with van der Waals surface area (Å²) in [5.74, 6) is 0. The van der Waals surface area contributed by atoms with Crippen molar-refractivity contribution in [3.05, 3.63) is 65.0 Å². The van der Waals surface area contributed by atoms with Gasteiger partial charge in [0.15, 0.2) is 0 Å². The molecule has 4 heterocycles. The number of hydrogen-bond donors (Lipinski definition) is 0. The lowest BCUT2D eigenvalue weighted by atomic mass is 10.0. The van der Waals surface area contributed by atoms with Crippen LogP contribution in [0.15, 0.2) is 42.5 Å². The SMILES string of the molecule is c1ccc(CN2CCc3nc(CN4C[C@H]5C[C@@H]4CO5)ccc3C2)cc1. The summed E-state index contributed by atoms with van der Waals surface area (Å²) in [7, 11) is 0. The van der Waals surface area contributed by atoms with Crippen LogP contribution in [0, 0.1) is 0 Å². The number of hydrogen-bond acceptors (Lipinski definition) is 4. The van der Waals surface area contributed by atoms with Crippen LogP contribution in [0.25, 0.3) is 0 Å². The van der Waals surface area contributed by atoms with Crippen LogP contribution in [0.1, 0.15) is 28.9 Å². The van der Waals surface area contributed by atoms with Crippen molar-refractivity contribution in [3.63, 3.8) is 0 Å². The fourth-order valence-corrected chi connectivity index (χ4v) is 4.47. The van der Waals surface area contributed by atoms with Gasteiger partial charge in [0.25, 0.3) is 0 Å². The predicted molar refractivity (Wildman–Crippen MR) is 97.1 cm³/mol. The molecule has 2 saturated heterocycles. The molecule has 2 aromatic rings. The molecule has 0 saturated carbocycles. The Morgan fingerprint density at radius 1 is 1.08 bits per heavy atom. The molecule has 2 fully saturated rings. The minimum atomic E-state index is 0.467. The summed E-state index contributed by atoms with van der Waals surface area (Å²) in [6.45, 7) is 6.10. The van der Waals surface area contributed by atoms with Gasteiger partial charge in [-0.2, -0.15) is 0 Å². The molecule has 3 aliphatic heterocycles. The number of nitrogens with zero attached hydrogens (tertiary/aromatic N) is 3. The van der Waals surface area contributed by atoms with Crippen LogP contribution >= 0.6 is 0 Å². The molecule has 0 unspecified atom stereocenters. The zero-order chi connectivity index (χ0) is 16.6. The lowest BCUT2D eigenvalue weighted by Gasteiger charge is -2.29. The van der Waals surface area contributed by atoms with Crippen molar-refractivity contribution in [1.82, 2.24) is 14.8 Å². The second-order valence-electron chi connectivity index (χ2n) is 7.63. The zero-order valence-corrected chi connectivity index (χ0v) is 14.6. The summed E-state index contributed by atoms with van der Waals surface area (Å²) >= 11 is 0. The van der Waals surface area contributed by atoms with Crippen LogP contribution in [-0.2, 0) is 30.8 Å². The van der Waals surface area contributed by atoms with Gasteiger partial charge in [-0.25, -0.2) is 0 Å².